The molecule has 9 nitrogen and oxygen atoms in total. The molecule has 0 aliphatic heterocycles. The summed E-state index contributed by atoms with van der Waals surface area (Å²) < 4.78 is 4.86. The van der Waals surface area contributed by atoms with E-state index in [1.54, 1.807) is 12.1 Å². The number of esters is 1. The molecule has 0 radical (unpaired) electrons. The molecule has 0 atom stereocenters. The molecule has 2 aromatic rings. The number of non-ortho nitro benzene ring substituents is 1. The number of benzene rings is 1. The summed E-state index contributed by atoms with van der Waals surface area (Å²) in [7, 11) is 0. The maximum Gasteiger partial charge on any atom is 0.340 e. The van der Waals surface area contributed by atoms with E-state index in [1.165, 1.54) is 24.4 Å². The van der Waals surface area contributed by atoms with E-state index in [0.29, 0.717) is 12.2 Å². The zero-order valence-electron chi connectivity index (χ0n) is 13.8. The van der Waals surface area contributed by atoms with Gasteiger partial charge in [-0.25, -0.2) is 9.78 Å². The fraction of sp³-hybridized carbons (Fsp3) is 0.188. The van der Waals surface area contributed by atoms with Gasteiger partial charge in [-0.2, -0.15) is 0 Å². The predicted octanol–water partition coefficient (Wildman–Crippen LogP) is 2.68. The van der Waals surface area contributed by atoms with Gasteiger partial charge >= 0.3 is 5.97 Å². The Morgan fingerprint density at radius 2 is 1.89 bits per heavy atom. The molecule has 2 N–H and O–H groups in total. The van der Waals surface area contributed by atoms with Crippen molar-refractivity contribution in [2.24, 2.45) is 0 Å². The lowest BCUT2D eigenvalue weighted by atomic mass is 10.3. The van der Waals surface area contributed by atoms with Gasteiger partial charge in [-0.05, 0) is 18.2 Å². The third-order valence-corrected chi connectivity index (χ3v) is 3.91. The van der Waals surface area contributed by atoms with Crippen LogP contribution in [0.4, 0.5) is 11.4 Å². The number of halogens is 2. The molecule has 1 heterocycles. The van der Waals surface area contributed by atoms with Gasteiger partial charge in [-0.15, -0.1) is 0 Å². The quantitative estimate of drug-likeness (QED) is 0.224. The van der Waals surface area contributed by atoms with Crippen molar-refractivity contribution in [1.29, 1.82) is 0 Å². The number of nitro groups is 1. The van der Waals surface area contributed by atoms with Gasteiger partial charge in [0.25, 0.3) is 11.6 Å². The molecule has 0 saturated heterocycles. The van der Waals surface area contributed by atoms with E-state index in [2.05, 4.69) is 15.6 Å². The molecule has 0 spiro atoms. The van der Waals surface area contributed by atoms with Crippen LogP contribution in [-0.2, 0) is 9.53 Å². The third kappa shape index (κ3) is 6.39. The van der Waals surface area contributed by atoms with Gasteiger partial charge in [-0.3, -0.25) is 14.9 Å². The number of anilines is 1. The molecule has 2 rings (SSSR count). The topological polar surface area (TPSA) is 123 Å². The number of carbonyl (C=O) groups excluding carboxylic acids is 2. The van der Waals surface area contributed by atoms with Crippen molar-refractivity contribution in [2.75, 3.05) is 25.0 Å². The number of nitrogens with one attached hydrogen (secondary N) is 2. The van der Waals surface area contributed by atoms with Crippen LogP contribution in [0.25, 0.3) is 0 Å². The Kier molecular flexibility index (Phi) is 7.33. The van der Waals surface area contributed by atoms with Crippen LogP contribution in [0.3, 0.4) is 0 Å². The van der Waals surface area contributed by atoms with Crippen LogP contribution < -0.4 is 10.6 Å². The first-order valence-corrected chi connectivity index (χ1v) is 8.35. The van der Waals surface area contributed by atoms with Crippen LogP contribution in [-0.4, -0.2) is 41.5 Å². The van der Waals surface area contributed by atoms with Gasteiger partial charge < -0.3 is 15.4 Å². The van der Waals surface area contributed by atoms with E-state index in [4.69, 9.17) is 27.9 Å². The summed E-state index contributed by atoms with van der Waals surface area (Å²) in [5.74, 6) is -1.23. The third-order valence-electron chi connectivity index (χ3n) is 3.22. The summed E-state index contributed by atoms with van der Waals surface area (Å²) in [6.45, 7) is 0.187. The van der Waals surface area contributed by atoms with Gasteiger partial charge in [0.15, 0.2) is 6.61 Å². The lowest BCUT2D eigenvalue weighted by molar-refractivity contribution is -0.384. The first kappa shape index (κ1) is 20.4. The summed E-state index contributed by atoms with van der Waals surface area (Å²) in [6.07, 6.45) is 1.20. The Bertz CT molecular complexity index is 845. The number of ether oxygens (including phenoxy) is 1. The second-order valence-corrected chi connectivity index (χ2v) is 5.92. The van der Waals surface area contributed by atoms with E-state index < -0.39 is 23.4 Å². The van der Waals surface area contributed by atoms with E-state index >= 15 is 0 Å². The molecule has 0 aliphatic rings. The molecule has 0 fully saturated rings. The molecule has 1 aromatic carbocycles. The van der Waals surface area contributed by atoms with E-state index in [0.717, 1.165) is 0 Å². The summed E-state index contributed by atoms with van der Waals surface area (Å²) in [5.41, 5.74) is 0.748. The zero-order valence-corrected chi connectivity index (χ0v) is 15.3. The Morgan fingerprint density at radius 1 is 1.19 bits per heavy atom. The smallest absolute Gasteiger partial charge is 0.340 e. The molecule has 1 amide bonds. The number of pyridine rings is 1. The van der Waals surface area contributed by atoms with Crippen LogP contribution in [0.1, 0.15) is 10.4 Å². The number of nitro benzene ring substituents is 1. The Hall–Kier alpha value is -2.91. The van der Waals surface area contributed by atoms with Gasteiger partial charge in [0, 0.05) is 37.1 Å². The molecule has 1 aromatic heterocycles. The van der Waals surface area contributed by atoms with Crippen LogP contribution in [0.5, 0.6) is 0 Å². The summed E-state index contributed by atoms with van der Waals surface area (Å²) >= 11 is 11.4. The number of carbonyl (C=O) groups is 2. The molecule has 0 aliphatic carbocycles. The lowest BCUT2D eigenvalue weighted by Crippen LogP contribution is -2.32. The largest absolute Gasteiger partial charge is 0.452 e. The Labute approximate surface area is 163 Å². The maximum atomic E-state index is 11.8. The normalized spacial score (nSPS) is 10.1. The van der Waals surface area contributed by atoms with Gasteiger partial charge in [0.05, 0.1) is 15.5 Å². The van der Waals surface area contributed by atoms with Crippen LogP contribution in [0.2, 0.25) is 10.2 Å². The molecule has 0 unspecified atom stereocenters. The molecular formula is C16H14Cl2N4O5. The first-order chi connectivity index (χ1) is 12.9. The number of hydrogen-bond acceptors (Lipinski definition) is 7. The van der Waals surface area contributed by atoms with Gasteiger partial charge in [0.1, 0.15) is 5.15 Å². The zero-order chi connectivity index (χ0) is 19.8. The Balaban J connectivity index is 1.67. The number of hydrogen-bond donors (Lipinski definition) is 2. The van der Waals surface area contributed by atoms with Crippen molar-refractivity contribution >= 4 is 46.5 Å². The average Bonchev–Trinajstić information content (AvgIpc) is 2.65. The van der Waals surface area contributed by atoms with E-state index in [1.807, 2.05) is 0 Å². The van der Waals surface area contributed by atoms with Crippen molar-refractivity contribution in [1.82, 2.24) is 10.3 Å². The minimum absolute atomic E-state index is 0.00663. The second kappa shape index (κ2) is 9.70. The summed E-state index contributed by atoms with van der Waals surface area (Å²) in [4.78, 5) is 37.3. The van der Waals surface area contributed by atoms with Crippen molar-refractivity contribution < 1.29 is 19.2 Å². The molecular weight excluding hydrogens is 399 g/mol. The Morgan fingerprint density at radius 3 is 2.52 bits per heavy atom. The molecule has 11 heteroatoms. The minimum Gasteiger partial charge on any atom is -0.452 e. The van der Waals surface area contributed by atoms with E-state index in [9.17, 15) is 19.7 Å². The minimum atomic E-state index is -0.750. The summed E-state index contributed by atoms with van der Waals surface area (Å²) in [6, 6.07) is 7.17. The van der Waals surface area contributed by atoms with Crippen molar-refractivity contribution in [3.8, 4) is 0 Å². The summed E-state index contributed by atoms with van der Waals surface area (Å²) in [5, 5.41) is 16.3. The monoisotopic (exact) mass is 412 g/mol. The molecule has 0 saturated carbocycles. The number of aromatic nitrogens is 1. The first-order valence-electron chi connectivity index (χ1n) is 7.60. The fourth-order valence-corrected chi connectivity index (χ4v) is 2.18. The highest BCUT2D eigenvalue weighted by atomic mass is 35.5. The molecule has 142 valence electrons. The predicted molar refractivity (Wildman–Crippen MR) is 99.1 cm³/mol. The average molecular weight is 413 g/mol. The SMILES string of the molecule is O=C(COC(=O)c1cnc(Cl)c(Cl)c1)NCCNc1ccc([N+](=O)[O-])cc1. The van der Waals surface area contributed by atoms with Gasteiger partial charge in [-0.1, -0.05) is 23.2 Å². The van der Waals surface area contributed by atoms with Gasteiger partial charge in [0.2, 0.25) is 0 Å². The number of amides is 1. The van der Waals surface area contributed by atoms with Crippen molar-refractivity contribution in [3.63, 3.8) is 0 Å². The van der Waals surface area contributed by atoms with Crippen LogP contribution in [0.15, 0.2) is 36.5 Å². The number of rotatable bonds is 8. The van der Waals surface area contributed by atoms with Crippen LogP contribution in [0, 0.1) is 10.1 Å². The second-order valence-electron chi connectivity index (χ2n) is 5.15. The fourth-order valence-electron chi connectivity index (χ4n) is 1.91. The molecule has 0 bridgehead atoms. The van der Waals surface area contributed by atoms with Crippen molar-refractivity contribution in [3.05, 3.63) is 62.4 Å². The highest BCUT2D eigenvalue weighted by Gasteiger charge is 2.12. The highest BCUT2D eigenvalue weighted by molar-refractivity contribution is 6.41. The highest BCUT2D eigenvalue weighted by Crippen LogP contribution is 2.20. The van der Waals surface area contributed by atoms with Crippen molar-refractivity contribution in [2.45, 2.75) is 0 Å². The maximum absolute atomic E-state index is 11.8. The van der Waals surface area contributed by atoms with E-state index in [-0.39, 0.29) is 28.0 Å². The molecule has 27 heavy (non-hydrogen) atoms. The van der Waals surface area contributed by atoms with Crippen LogP contribution >= 0.6 is 23.2 Å². The standard InChI is InChI=1S/C16H14Cl2N4O5/c17-13-7-10(8-21-15(13)18)16(24)27-9-14(23)20-6-5-19-11-1-3-12(4-2-11)22(25)26/h1-4,7-8,19H,5-6,9H2,(H,20,23). The number of nitrogens with zero attached hydrogens (tertiary/aromatic N) is 2. The lowest BCUT2D eigenvalue weighted by Gasteiger charge is -2.08.